The van der Waals surface area contributed by atoms with E-state index in [1.165, 1.54) is 0 Å². The molecule has 0 aliphatic heterocycles. The SMILES string of the molecule is O=C(CCc1ccc(S(=O)(=O)c2ccc(-c3ccccc3)cc2)cc1)c1cnc2[nH]ncc2c1. The van der Waals surface area contributed by atoms with E-state index in [0.29, 0.717) is 24.1 Å². The third-order valence-corrected chi connectivity index (χ3v) is 7.54. The van der Waals surface area contributed by atoms with Crippen LogP contribution in [0, 0.1) is 0 Å². The molecule has 34 heavy (non-hydrogen) atoms. The van der Waals surface area contributed by atoms with Crippen molar-refractivity contribution in [3.63, 3.8) is 0 Å². The summed E-state index contributed by atoms with van der Waals surface area (Å²) in [5.41, 5.74) is 4.06. The van der Waals surface area contributed by atoms with Crippen molar-refractivity contribution in [1.82, 2.24) is 15.2 Å². The van der Waals surface area contributed by atoms with Crippen LogP contribution in [0.1, 0.15) is 22.3 Å². The molecular weight excluding hydrogens is 446 g/mol. The number of benzene rings is 3. The van der Waals surface area contributed by atoms with Crippen molar-refractivity contribution in [2.75, 3.05) is 0 Å². The molecular formula is C27H21N3O3S. The number of carbonyl (C=O) groups is 1. The molecule has 0 radical (unpaired) electrons. The van der Waals surface area contributed by atoms with Gasteiger partial charge in [-0.2, -0.15) is 5.10 Å². The summed E-state index contributed by atoms with van der Waals surface area (Å²) in [6, 6.07) is 25.2. The number of aryl methyl sites for hydroxylation is 1. The fourth-order valence-electron chi connectivity index (χ4n) is 3.82. The van der Waals surface area contributed by atoms with E-state index in [9.17, 15) is 13.2 Å². The molecule has 5 rings (SSSR count). The van der Waals surface area contributed by atoms with Gasteiger partial charge in [-0.3, -0.25) is 9.89 Å². The molecule has 7 heteroatoms. The van der Waals surface area contributed by atoms with Gasteiger partial charge in [0.05, 0.1) is 16.0 Å². The van der Waals surface area contributed by atoms with Crippen molar-refractivity contribution >= 4 is 26.7 Å². The predicted octanol–water partition coefficient (Wildman–Crippen LogP) is 5.27. The summed E-state index contributed by atoms with van der Waals surface area (Å²) >= 11 is 0. The Labute approximate surface area is 197 Å². The molecule has 0 aliphatic rings. The largest absolute Gasteiger partial charge is 0.294 e. The zero-order chi connectivity index (χ0) is 23.5. The average Bonchev–Trinajstić information content (AvgIpc) is 3.36. The van der Waals surface area contributed by atoms with Gasteiger partial charge >= 0.3 is 0 Å². The number of sulfone groups is 1. The van der Waals surface area contributed by atoms with Crippen molar-refractivity contribution in [2.24, 2.45) is 0 Å². The maximum absolute atomic E-state index is 13.1. The number of Topliss-reactive ketones (excluding diaryl/α,β-unsaturated/α-hetero) is 1. The van der Waals surface area contributed by atoms with E-state index in [2.05, 4.69) is 15.2 Å². The topological polar surface area (TPSA) is 92.8 Å². The number of hydrogen-bond donors (Lipinski definition) is 1. The van der Waals surface area contributed by atoms with Crippen LogP contribution in [0.3, 0.4) is 0 Å². The number of aromatic amines is 1. The normalized spacial score (nSPS) is 11.5. The maximum atomic E-state index is 13.1. The van der Waals surface area contributed by atoms with E-state index in [1.54, 1.807) is 54.9 Å². The van der Waals surface area contributed by atoms with Crippen LogP contribution in [-0.4, -0.2) is 29.4 Å². The number of carbonyl (C=O) groups excluding carboxylic acids is 1. The van der Waals surface area contributed by atoms with Crippen LogP contribution >= 0.6 is 0 Å². The molecule has 0 aliphatic carbocycles. The van der Waals surface area contributed by atoms with Crippen LogP contribution in [0.15, 0.2) is 107 Å². The Morgan fingerprint density at radius 3 is 2.15 bits per heavy atom. The van der Waals surface area contributed by atoms with Crippen molar-refractivity contribution in [1.29, 1.82) is 0 Å². The number of aromatic nitrogens is 3. The fraction of sp³-hybridized carbons (Fsp3) is 0.0741. The molecule has 0 fully saturated rings. The molecule has 0 bridgehead atoms. The summed E-state index contributed by atoms with van der Waals surface area (Å²) in [6.45, 7) is 0. The first-order valence-corrected chi connectivity index (χ1v) is 12.3. The molecule has 2 heterocycles. The van der Waals surface area contributed by atoms with Crippen molar-refractivity contribution in [3.05, 3.63) is 108 Å². The van der Waals surface area contributed by atoms with E-state index in [1.807, 2.05) is 42.5 Å². The van der Waals surface area contributed by atoms with Gasteiger partial charge in [0.1, 0.15) is 0 Å². The van der Waals surface area contributed by atoms with Crippen molar-refractivity contribution in [3.8, 4) is 11.1 Å². The third-order valence-electron chi connectivity index (χ3n) is 5.76. The smallest absolute Gasteiger partial charge is 0.206 e. The first-order chi connectivity index (χ1) is 16.5. The molecule has 168 valence electrons. The number of pyridine rings is 1. The van der Waals surface area contributed by atoms with Gasteiger partial charge < -0.3 is 0 Å². The Morgan fingerprint density at radius 2 is 1.44 bits per heavy atom. The number of ketones is 1. The molecule has 0 saturated heterocycles. The predicted molar refractivity (Wildman–Crippen MR) is 130 cm³/mol. The minimum atomic E-state index is -3.63. The Bertz CT molecular complexity index is 1560. The summed E-state index contributed by atoms with van der Waals surface area (Å²) in [4.78, 5) is 17.2. The third kappa shape index (κ3) is 4.38. The van der Waals surface area contributed by atoms with Crippen LogP contribution in [-0.2, 0) is 16.3 Å². The zero-order valence-corrected chi connectivity index (χ0v) is 19.0. The van der Waals surface area contributed by atoms with Gasteiger partial charge in [0.15, 0.2) is 11.4 Å². The summed E-state index contributed by atoms with van der Waals surface area (Å²) in [5, 5.41) is 7.47. The molecule has 3 aromatic carbocycles. The van der Waals surface area contributed by atoms with Crippen LogP contribution in [0.2, 0.25) is 0 Å². The second-order valence-corrected chi connectivity index (χ2v) is 9.94. The Kier molecular flexibility index (Phi) is 5.77. The number of hydrogen-bond acceptors (Lipinski definition) is 5. The van der Waals surface area contributed by atoms with E-state index in [4.69, 9.17) is 0 Å². The number of rotatable bonds is 7. The number of fused-ring (bicyclic) bond motifs is 1. The van der Waals surface area contributed by atoms with Crippen LogP contribution in [0.25, 0.3) is 22.2 Å². The molecule has 1 N–H and O–H groups in total. The van der Waals surface area contributed by atoms with E-state index in [0.717, 1.165) is 22.1 Å². The zero-order valence-electron chi connectivity index (χ0n) is 18.2. The van der Waals surface area contributed by atoms with Gasteiger partial charge in [-0.1, -0.05) is 54.6 Å². The summed E-state index contributed by atoms with van der Waals surface area (Å²) in [7, 11) is -3.63. The molecule has 5 aromatic rings. The lowest BCUT2D eigenvalue weighted by Gasteiger charge is -2.08. The standard InChI is InChI=1S/C27H21N3O3S/c31-26(22-16-23-18-29-30-27(23)28-17-22)15-8-19-6-11-24(12-7-19)34(32,33)25-13-9-21(10-14-25)20-4-2-1-3-5-20/h1-7,9-14,16-18H,8,15H2,(H,28,29,30). The second kappa shape index (κ2) is 9.03. The minimum Gasteiger partial charge on any atom is -0.294 e. The summed E-state index contributed by atoms with van der Waals surface area (Å²) < 4.78 is 26.1. The van der Waals surface area contributed by atoms with E-state index >= 15 is 0 Å². The van der Waals surface area contributed by atoms with Gasteiger partial charge in [0, 0.05) is 23.6 Å². The lowest BCUT2D eigenvalue weighted by molar-refractivity contribution is 0.0982. The van der Waals surface area contributed by atoms with Gasteiger partial charge in [-0.25, -0.2) is 13.4 Å². The molecule has 0 unspecified atom stereocenters. The highest BCUT2D eigenvalue weighted by molar-refractivity contribution is 7.91. The molecule has 0 atom stereocenters. The molecule has 6 nitrogen and oxygen atoms in total. The van der Waals surface area contributed by atoms with Gasteiger partial charge in [0.2, 0.25) is 9.84 Å². The van der Waals surface area contributed by atoms with Crippen molar-refractivity contribution in [2.45, 2.75) is 22.6 Å². The molecule has 0 spiro atoms. The highest BCUT2D eigenvalue weighted by Gasteiger charge is 2.18. The molecule has 2 aromatic heterocycles. The minimum absolute atomic E-state index is 0.0224. The first kappa shape index (κ1) is 21.7. The quantitative estimate of drug-likeness (QED) is 0.329. The lowest BCUT2D eigenvalue weighted by Crippen LogP contribution is -2.04. The monoisotopic (exact) mass is 467 g/mol. The van der Waals surface area contributed by atoms with Crippen LogP contribution in [0.4, 0.5) is 0 Å². The van der Waals surface area contributed by atoms with Gasteiger partial charge in [-0.15, -0.1) is 0 Å². The highest BCUT2D eigenvalue weighted by Crippen LogP contribution is 2.25. The lowest BCUT2D eigenvalue weighted by atomic mass is 10.0. The average molecular weight is 468 g/mol. The van der Waals surface area contributed by atoms with Crippen LogP contribution < -0.4 is 0 Å². The number of nitrogens with one attached hydrogen (secondary N) is 1. The van der Waals surface area contributed by atoms with E-state index < -0.39 is 9.84 Å². The molecule has 0 saturated carbocycles. The first-order valence-electron chi connectivity index (χ1n) is 10.8. The fourth-order valence-corrected chi connectivity index (χ4v) is 5.08. The molecule has 0 amide bonds. The Morgan fingerprint density at radius 1 is 0.794 bits per heavy atom. The summed E-state index contributed by atoms with van der Waals surface area (Å²) in [5.74, 6) is -0.0224. The Hall–Kier alpha value is -4.10. The van der Waals surface area contributed by atoms with Gasteiger partial charge in [0.25, 0.3) is 0 Å². The second-order valence-electron chi connectivity index (χ2n) is 7.99. The highest BCUT2D eigenvalue weighted by atomic mass is 32.2. The van der Waals surface area contributed by atoms with Crippen molar-refractivity contribution < 1.29 is 13.2 Å². The Balaban J connectivity index is 1.27. The van der Waals surface area contributed by atoms with Gasteiger partial charge in [-0.05, 0) is 53.4 Å². The summed E-state index contributed by atoms with van der Waals surface area (Å²) in [6.07, 6.45) is 3.99. The van der Waals surface area contributed by atoms with Crippen LogP contribution in [0.5, 0.6) is 0 Å². The maximum Gasteiger partial charge on any atom is 0.206 e. The number of H-pyrrole nitrogens is 1. The van der Waals surface area contributed by atoms with E-state index in [-0.39, 0.29) is 15.6 Å². The number of nitrogens with zero attached hydrogens (tertiary/aromatic N) is 2.